The smallest absolute Gasteiger partial charge is 0.0669 e. The first-order valence-electron chi connectivity index (χ1n) is 5.01. The molecule has 0 aromatic carbocycles. The minimum Gasteiger partial charge on any atom is -0.374 e. The van der Waals surface area contributed by atoms with Crippen molar-refractivity contribution in [2.75, 3.05) is 13.2 Å². The molecule has 0 amide bonds. The van der Waals surface area contributed by atoms with Crippen LogP contribution in [0.15, 0.2) is 0 Å². The largest absolute Gasteiger partial charge is 0.374 e. The van der Waals surface area contributed by atoms with Crippen molar-refractivity contribution in [3.05, 3.63) is 0 Å². The molecule has 3 nitrogen and oxygen atoms in total. The van der Waals surface area contributed by atoms with Crippen LogP contribution >= 0.6 is 0 Å². The molecular weight excluding hydrogens is 176 g/mol. The van der Waals surface area contributed by atoms with Gasteiger partial charge in [0.1, 0.15) is 0 Å². The first kappa shape index (κ1) is 11.5. The summed E-state index contributed by atoms with van der Waals surface area (Å²) in [7, 11) is 0. The second kappa shape index (κ2) is 3.90. The molecule has 80 valence electrons. The van der Waals surface area contributed by atoms with Gasteiger partial charge in [-0.2, -0.15) is 0 Å². The summed E-state index contributed by atoms with van der Waals surface area (Å²) in [6.45, 7) is 7.31. The van der Waals surface area contributed by atoms with Crippen molar-refractivity contribution in [3.63, 3.8) is 0 Å². The van der Waals surface area contributed by atoms with Gasteiger partial charge in [-0.1, -0.05) is 5.92 Å². The summed E-state index contributed by atoms with van der Waals surface area (Å²) in [5.41, 5.74) is 5.54. The van der Waals surface area contributed by atoms with Gasteiger partial charge in [-0.3, -0.25) is 5.32 Å². The molecule has 1 saturated heterocycles. The van der Waals surface area contributed by atoms with Crippen LogP contribution in [0.1, 0.15) is 27.2 Å². The van der Waals surface area contributed by atoms with E-state index >= 15 is 0 Å². The van der Waals surface area contributed by atoms with E-state index in [0.717, 1.165) is 6.42 Å². The van der Waals surface area contributed by atoms with Crippen LogP contribution in [0.25, 0.3) is 0 Å². The SMILES string of the molecule is C#CC(C)NC1(CN)COC(C)(C)C1. The van der Waals surface area contributed by atoms with Gasteiger partial charge in [0.05, 0.1) is 23.8 Å². The van der Waals surface area contributed by atoms with E-state index in [0.29, 0.717) is 13.2 Å². The minimum atomic E-state index is -0.144. The highest BCUT2D eigenvalue weighted by atomic mass is 16.5. The Kier molecular flexibility index (Phi) is 3.20. The van der Waals surface area contributed by atoms with E-state index in [4.69, 9.17) is 16.9 Å². The van der Waals surface area contributed by atoms with Gasteiger partial charge in [-0.05, 0) is 27.2 Å². The number of hydrogen-bond donors (Lipinski definition) is 2. The fourth-order valence-corrected chi connectivity index (χ4v) is 2.03. The number of rotatable bonds is 3. The molecule has 0 saturated carbocycles. The zero-order valence-electron chi connectivity index (χ0n) is 9.26. The van der Waals surface area contributed by atoms with Crippen molar-refractivity contribution >= 4 is 0 Å². The molecule has 1 aliphatic rings. The summed E-state index contributed by atoms with van der Waals surface area (Å²) in [6.07, 6.45) is 6.24. The Morgan fingerprint density at radius 3 is 2.64 bits per heavy atom. The molecule has 0 bridgehead atoms. The fraction of sp³-hybridized carbons (Fsp3) is 0.818. The van der Waals surface area contributed by atoms with Crippen molar-refractivity contribution < 1.29 is 4.74 Å². The maximum atomic E-state index is 5.78. The summed E-state index contributed by atoms with van der Waals surface area (Å²) >= 11 is 0. The third-order valence-corrected chi connectivity index (χ3v) is 2.67. The number of terminal acetylenes is 1. The molecule has 1 aliphatic heterocycles. The molecule has 1 rings (SSSR count). The monoisotopic (exact) mass is 196 g/mol. The Morgan fingerprint density at radius 1 is 1.64 bits per heavy atom. The van der Waals surface area contributed by atoms with Gasteiger partial charge >= 0.3 is 0 Å². The molecule has 0 aliphatic carbocycles. The number of ether oxygens (including phenoxy) is 1. The van der Waals surface area contributed by atoms with E-state index in [1.807, 2.05) is 6.92 Å². The van der Waals surface area contributed by atoms with E-state index in [9.17, 15) is 0 Å². The standard InChI is InChI=1S/C11H20N2O/c1-5-9(2)13-11(7-12)6-10(3,4)14-8-11/h1,9,13H,6-8,12H2,2-4H3. The van der Waals surface area contributed by atoms with E-state index in [1.165, 1.54) is 0 Å². The summed E-state index contributed by atoms with van der Waals surface area (Å²) < 4.78 is 5.68. The normalized spacial score (nSPS) is 32.5. The van der Waals surface area contributed by atoms with Crippen molar-refractivity contribution in [1.29, 1.82) is 0 Å². The summed E-state index contributed by atoms with van der Waals surface area (Å²) in [5, 5.41) is 3.36. The zero-order valence-corrected chi connectivity index (χ0v) is 9.26. The summed E-state index contributed by atoms with van der Waals surface area (Å²) in [6, 6.07) is 0.0380. The lowest BCUT2D eigenvalue weighted by Gasteiger charge is -2.30. The third kappa shape index (κ3) is 2.48. The third-order valence-electron chi connectivity index (χ3n) is 2.67. The van der Waals surface area contributed by atoms with E-state index in [1.54, 1.807) is 0 Å². The predicted molar refractivity (Wildman–Crippen MR) is 57.9 cm³/mol. The van der Waals surface area contributed by atoms with Gasteiger partial charge in [-0.15, -0.1) is 6.42 Å². The lowest BCUT2D eigenvalue weighted by molar-refractivity contribution is 0.0332. The molecule has 2 unspecified atom stereocenters. The Morgan fingerprint density at radius 2 is 2.29 bits per heavy atom. The van der Waals surface area contributed by atoms with E-state index in [-0.39, 0.29) is 17.2 Å². The minimum absolute atomic E-state index is 0.0380. The topological polar surface area (TPSA) is 47.3 Å². The van der Waals surface area contributed by atoms with Gasteiger partial charge in [0, 0.05) is 6.54 Å². The molecule has 0 radical (unpaired) electrons. The highest BCUT2D eigenvalue weighted by molar-refractivity contribution is 5.06. The summed E-state index contributed by atoms with van der Waals surface area (Å²) in [5.74, 6) is 2.66. The van der Waals surface area contributed by atoms with Gasteiger partial charge in [0.15, 0.2) is 0 Å². The Bertz CT molecular complexity index is 244. The maximum Gasteiger partial charge on any atom is 0.0669 e. The van der Waals surface area contributed by atoms with Gasteiger partial charge in [-0.25, -0.2) is 0 Å². The quantitative estimate of drug-likeness (QED) is 0.646. The molecule has 0 spiro atoms. The van der Waals surface area contributed by atoms with Crippen LogP contribution in [0.3, 0.4) is 0 Å². The molecule has 1 heterocycles. The molecule has 3 heteroatoms. The first-order valence-corrected chi connectivity index (χ1v) is 5.01. The lowest BCUT2D eigenvalue weighted by Crippen LogP contribution is -2.55. The van der Waals surface area contributed by atoms with Crippen molar-refractivity contribution in [2.45, 2.75) is 44.4 Å². The molecule has 2 atom stereocenters. The molecule has 0 aromatic heterocycles. The molecule has 3 N–H and O–H groups in total. The number of nitrogens with one attached hydrogen (secondary N) is 1. The van der Waals surface area contributed by atoms with Gasteiger partial charge in [0.2, 0.25) is 0 Å². The zero-order chi connectivity index (χ0) is 10.8. The fourth-order valence-electron chi connectivity index (χ4n) is 2.03. The Balaban J connectivity index is 2.66. The predicted octanol–water partition coefficient (Wildman–Crippen LogP) is 0.494. The van der Waals surface area contributed by atoms with Crippen molar-refractivity contribution in [2.24, 2.45) is 5.73 Å². The molecular formula is C11H20N2O. The second-order valence-corrected chi connectivity index (χ2v) is 4.74. The highest BCUT2D eigenvalue weighted by Gasteiger charge is 2.43. The van der Waals surface area contributed by atoms with Gasteiger partial charge < -0.3 is 10.5 Å². The van der Waals surface area contributed by atoms with Crippen LogP contribution < -0.4 is 11.1 Å². The molecule has 1 fully saturated rings. The van der Waals surface area contributed by atoms with Crippen molar-refractivity contribution in [1.82, 2.24) is 5.32 Å². The van der Waals surface area contributed by atoms with Crippen LogP contribution in [-0.2, 0) is 4.74 Å². The van der Waals surface area contributed by atoms with Crippen LogP contribution in [0, 0.1) is 12.3 Å². The van der Waals surface area contributed by atoms with Crippen LogP contribution in [0.5, 0.6) is 0 Å². The second-order valence-electron chi connectivity index (χ2n) is 4.74. The maximum absolute atomic E-state index is 5.78. The average molecular weight is 196 g/mol. The Labute approximate surface area is 86.4 Å². The highest BCUT2D eigenvalue weighted by Crippen LogP contribution is 2.32. The average Bonchev–Trinajstić information content (AvgIpc) is 2.42. The lowest BCUT2D eigenvalue weighted by atomic mass is 9.90. The molecule has 0 aromatic rings. The number of nitrogens with two attached hydrogens (primary N) is 1. The van der Waals surface area contributed by atoms with Gasteiger partial charge in [0.25, 0.3) is 0 Å². The van der Waals surface area contributed by atoms with Crippen LogP contribution in [0.4, 0.5) is 0 Å². The van der Waals surface area contributed by atoms with E-state index < -0.39 is 0 Å². The van der Waals surface area contributed by atoms with Crippen molar-refractivity contribution in [3.8, 4) is 12.3 Å². The number of hydrogen-bond acceptors (Lipinski definition) is 3. The first-order chi connectivity index (χ1) is 6.43. The summed E-state index contributed by atoms with van der Waals surface area (Å²) in [4.78, 5) is 0. The van der Waals surface area contributed by atoms with E-state index in [2.05, 4.69) is 25.1 Å². The Hall–Kier alpha value is -0.560. The molecule has 14 heavy (non-hydrogen) atoms. The van der Waals surface area contributed by atoms with Crippen LogP contribution in [0.2, 0.25) is 0 Å². The van der Waals surface area contributed by atoms with Crippen LogP contribution in [-0.4, -0.2) is 30.3 Å².